The third-order valence-corrected chi connectivity index (χ3v) is 6.01. The van der Waals surface area contributed by atoms with Crippen molar-refractivity contribution in [2.75, 3.05) is 6.61 Å². The number of benzene rings is 1. The summed E-state index contributed by atoms with van der Waals surface area (Å²) in [6, 6.07) is 6.88. The van der Waals surface area contributed by atoms with Crippen molar-refractivity contribution in [2.45, 2.75) is 42.7 Å². The normalized spacial score (nSPS) is 39.9. The number of ether oxygens (including phenoxy) is 2. The summed E-state index contributed by atoms with van der Waals surface area (Å²) >= 11 is 0. The van der Waals surface area contributed by atoms with E-state index >= 15 is 0 Å². The first-order chi connectivity index (χ1) is 9.07. The number of aryl methyl sites for hydroxylation is 1. The lowest BCUT2D eigenvalue weighted by atomic mass is 10.1. The zero-order valence-corrected chi connectivity index (χ0v) is 11.3. The van der Waals surface area contributed by atoms with E-state index < -0.39 is 10.0 Å². The Balaban J connectivity index is 1.65. The molecule has 102 valence electrons. The average Bonchev–Trinajstić information content (AvgIpc) is 2.99. The fourth-order valence-corrected chi connectivity index (χ4v) is 4.83. The molecule has 0 amide bonds. The largest absolute Gasteiger partial charge is 0.348 e. The Labute approximate surface area is 112 Å². The van der Waals surface area contributed by atoms with Crippen molar-refractivity contribution in [3.05, 3.63) is 29.8 Å². The molecule has 3 heterocycles. The molecule has 2 bridgehead atoms. The second kappa shape index (κ2) is 3.79. The third kappa shape index (κ3) is 1.67. The first kappa shape index (κ1) is 11.8. The van der Waals surface area contributed by atoms with Crippen LogP contribution in [-0.4, -0.2) is 43.8 Å². The second-order valence-electron chi connectivity index (χ2n) is 5.40. The minimum absolute atomic E-state index is 0.0533. The molecule has 3 saturated heterocycles. The highest BCUT2D eigenvalue weighted by molar-refractivity contribution is 7.89. The molecule has 0 aromatic heterocycles. The van der Waals surface area contributed by atoms with Gasteiger partial charge in [0.1, 0.15) is 0 Å². The molecule has 1 aromatic carbocycles. The van der Waals surface area contributed by atoms with Gasteiger partial charge in [0, 0.05) is 6.04 Å². The van der Waals surface area contributed by atoms with Crippen LogP contribution in [0.5, 0.6) is 0 Å². The van der Waals surface area contributed by atoms with Crippen LogP contribution in [0, 0.1) is 6.92 Å². The number of sulfonamides is 1. The summed E-state index contributed by atoms with van der Waals surface area (Å²) in [5.41, 5.74) is 1.05. The lowest BCUT2D eigenvalue weighted by Crippen LogP contribution is -2.26. The van der Waals surface area contributed by atoms with Gasteiger partial charge in [0.15, 0.2) is 6.29 Å². The SMILES string of the molecule is Cc1ccc(S(=O)(=O)N2[C@H]3[C@@H]4OC[C@H](C[C@H]32)O4)cc1. The van der Waals surface area contributed by atoms with Crippen LogP contribution in [-0.2, 0) is 19.5 Å². The van der Waals surface area contributed by atoms with E-state index in [-0.39, 0.29) is 24.5 Å². The van der Waals surface area contributed by atoms with E-state index in [0.29, 0.717) is 11.5 Å². The topological polar surface area (TPSA) is 55.6 Å². The zero-order chi connectivity index (χ0) is 13.2. The van der Waals surface area contributed by atoms with Crippen LogP contribution in [0.25, 0.3) is 0 Å². The second-order valence-corrected chi connectivity index (χ2v) is 7.24. The number of hydrogen-bond acceptors (Lipinski definition) is 4. The monoisotopic (exact) mass is 281 g/mol. The van der Waals surface area contributed by atoms with Crippen LogP contribution < -0.4 is 0 Å². The molecular weight excluding hydrogens is 266 g/mol. The lowest BCUT2D eigenvalue weighted by molar-refractivity contribution is -0.0717. The summed E-state index contributed by atoms with van der Waals surface area (Å²) in [6.07, 6.45) is 0.431. The number of nitrogens with zero attached hydrogens (tertiary/aromatic N) is 1. The molecule has 0 saturated carbocycles. The summed E-state index contributed by atoms with van der Waals surface area (Å²) < 4.78 is 37.8. The van der Waals surface area contributed by atoms with Crippen molar-refractivity contribution < 1.29 is 17.9 Å². The zero-order valence-electron chi connectivity index (χ0n) is 10.5. The van der Waals surface area contributed by atoms with E-state index in [1.165, 1.54) is 0 Å². The van der Waals surface area contributed by atoms with Crippen LogP contribution in [0.3, 0.4) is 0 Å². The van der Waals surface area contributed by atoms with Crippen molar-refractivity contribution in [1.29, 1.82) is 0 Å². The third-order valence-electron chi connectivity index (χ3n) is 4.08. The van der Waals surface area contributed by atoms with Gasteiger partial charge in [-0.15, -0.1) is 0 Å². The van der Waals surface area contributed by atoms with Crippen molar-refractivity contribution in [1.82, 2.24) is 4.31 Å². The summed E-state index contributed by atoms with van der Waals surface area (Å²) in [7, 11) is -3.41. The maximum absolute atomic E-state index is 12.6. The van der Waals surface area contributed by atoms with E-state index in [4.69, 9.17) is 9.47 Å². The van der Waals surface area contributed by atoms with Gasteiger partial charge in [0.2, 0.25) is 10.0 Å². The molecule has 0 N–H and O–H groups in total. The van der Waals surface area contributed by atoms with Gasteiger partial charge in [0.25, 0.3) is 0 Å². The van der Waals surface area contributed by atoms with Gasteiger partial charge in [-0.05, 0) is 25.5 Å². The fraction of sp³-hybridized carbons (Fsp3) is 0.538. The maximum atomic E-state index is 12.6. The molecule has 1 aromatic rings. The van der Waals surface area contributed by atoms with Gasteiger partial charge in [-0.3, -0.25) is 0 Å². The minimum atomic E-state index is -3.41. The predicted molar refractivity (Wildman–Crippen MR) is 67.0 cm³/mol. The fourth-order valence-electron chi connectivity index (χ4n) is 3.03. The van der Waals surface area contributed by atoms with Crippen LogP contribution in [0.4, 0.5) is 0 Å². The van der Waals surface area contributed by atoms with E-state index in [9.17, 15) is 8.42 Å². The van der Waals surface area contributed by atoms with E-state index in [1.54, 1.807) is 16.4 Å². The molecule has 0 radical (unpaired) electrons. The Morgan fingerprint density at radius 2 is 2.00 bits per heavy atom. The quantitative estimate of drug-likeness (QED) is 0.755. The Morgan fingerprint density at radius 1 is 1.26 bits per heavy atom. The molecule has 3 aliphatic rings. The summed E-state index contributed by atoms with van der Waals surface area (Å²) in [4.78, 5) is 0.350. The van der Waals surface area contributed by atoms with Gasteiger partial charge in [-0.25, -0.2) is 8.42 Å². The molecule has 3 fully saturated rings. The number of fused-ring (bicyclic) bond motifs is 4. The van der Waals surface area contributed by atoms with Crippen molar-refractivity contribution in [2.24, 2.45) is 0 Å². The number of rotatable bonds is 2. The molecule has 1 unspecified atom stereocenters. The van der Waals surface area contributed by atoms with E-state index in [1.807, 2.05) is 19.1 Å². The first-order valence-corrected chi connectivity index (χ1v) is 7.89. The van der Waals surface area contributed by atoms with Crippen LogP contribution in [0.1, 0.15) is 12.0 Å². The minimum Gasteiger partial charge on any atom is -0.348 e. The van der Waals surface area contributed by atoms with E-state index in [0.717, 1.165) is 12.0 Å². The summed E-state index contributed by atoms with van der Waals surface area (Å²) in [6.45, 7) is 2.53. The van der Waals surface area contributed by atoms with Gasteiger partial charge in [-0.1, -0.05) is 17.7 Å². The van der Waals surface area contributed by atoms with Crippen molar-refractivity contribution in [3.8, 4) is 0 Å². The molecular formula is C13H15NO4S. The summed E-state index contributed by atoms with van der Waals surface area (Å²) in [5.74, 6) is 0. The Bertz CT molecular complexity index is 612. The standard InChI is InChI=1S/C13H15NO4S/c1-8-2-4-10(5-3-8)19(15,16)14-11-6-9-7-17-13(18-9)12(11)14/h2-5,9,11-13H,6-7H2,1H3/t9-,11+,12+,13+,14?/m0/s1. The molecule has 4 rings (SSSR count). The first-order valence-electron chi connectivity index (χ1n) is 6.44. The molecule has 19 heavy (non-hydrogen) atoms. The van der Waals surface area contributed by atoms with Gasteiger partial charge in [0.05, 0.1) is 23.6 Å². The molecule has 5 atom stereocenters. The molecule has 0 aliphatic carbocycles. The highest BCUT2D eigenvalue weighted by atomic mass is 32.2. The van der Waals surface area contributed by atoms with Crippen molar-refractivity contribution >= 4 is 10.0 Å². The summed E-state index contributed by atoms with van der Waals surface area (Å²) in [5, 5.41) is 0. The highest BCUT2D eigenvalue weighted by Crippen LogP contribution is 2.47. The van der Waals surface area contributed by atoms with Crippen LogP contribution in [0.2, 0.25) is 0 Å². The molecule has 5 nitrogen and oxygen atoms in total. The maximum Gasteiger partial charge on any atom is 0.243 e. The average molecular weight is 281 g/mol. The Morgan fingerprint density at radius 3 is 2.74 bits per heavy atom. The van der Waals surface area contributed by atoms with Gasteiger partial charge in [-0.2, -0.15) is 4.31 Å². The van der Waals surface area contributed by atoms with E-state index in [2.05, 4.69) is 0 Å². The molecule has 6 heteroatoms. The predicted octanol–water partition coefficient (Wildman–Crippen LogP) is 0.882. The molecule has 3 aliphatic heterocycles. The van der Waals surface area contributed by atoms with Crippen LogP contribution >= 0.6 is 0 Å². The smallest absolute Gasteiger partial charge is 0.243 e. The lowest BCUT2D eigenvalue weighted by Gasteiger charge is -2.13. The van der Waals surface area contributed by atoms with Crippen LogP contribution in [0.15, 0.2) is 29.2 Å². The van der Waals surface area contributed by atoms with Crippen molar-refractivity contribution in [3.63, 3.8) is 0 Å². The molecule has 0 spiro atoms. The Hall–Kier alpha value is -0.950. The van der Waals surface area contributed by atoms with Gasteiger partial charge >= 0.3 is 0 Å². The highest BCUT2D eigenvalue weighted by Gasteiger charge is 2.65. The van der Waals surface area contributed by atoms with Gasteiger partial charge < -0.3 is 9.47 Å². The Kier molecular flexibility index (Phi) is 2.36. The number of hydrogen-bond donors (Lipinski definition) is 0.